The number of rotatable bonds is 6. The van der Waals surface area contributed by atoms with Crippen LogP contribution in [0.3, 0.4) is 0 Å². The molecule has 0 spiro atoms. The summed E-state index contributed by atoms with van der Waals surface area (Å²) < 4.78 is 25.8. The Morgan fingerprint density at radius 1 is 1.21 bits per heavy atom. The Morgan fingerprint density at radius 2 is 1.94 bits per heavy atom. The molecule has 1 aromatic heterocycles. The molecule has 7 nitrogen and oxygen atoms in total. The van der Waals surface area contributed by atoms with Gasteiger partial charge in [-0.1, -0.05) is 18.2 Å². The second kappa shape index (κ2) is 8.73. The Labute approximate surface area is 196 Å². The smallest absolute Gasteiger partial charge is 0.259 e. The first-order valence-corrected chi connectivity index (χ1v) is 10.6. The van der Waals surface area contributed by atoms with Crippen LogP contribution in [0.4, 0.5) is 21.5 Å². The molecule has 1 aliphatic rings. The summed E-state index contributed by atoms with van der Waals surface area (Å²) in [5.41, 5.74) is 1.02. The average molecular weight is 465 g/mol. The summed E-state index contributed by atoms with van der Waals surface area (Å²) in [6.45, 7) is 12.8. The largest absolute Gasteiger partial charge is 0.446 e. The highest BCUT2D eigenvalue weighted by molar-refractivity contribution is 7.81. The first-order valence-electron chi connectivity index (χ1n) is 10.2. The number of ether oxygens (including phenoxy) is 1. The van der Waals surface area contributed by atoms with Crippen molar-refractivity contribution < 1.29 is 18.3 Å². The molecule has 0 bridgehead atoms. The van der Waals surface area contributed by atoms with Crippen molar-refractivity contribution in [2.45, 2.75) is 39.5 Å². The van der Waals surface area contributed by atoms with Gasteiger partial charge in [-0.05, 0) is 62.3 Å². The molecule has 0 saturated carbocycles. The van der Waals surface area contributed by atoms with E-state index in [1.165, 1.54) is 30.2 Å². The fraction of sp³-hybridized carbons (Fsp3) is 0.250. The number of thiocarbonyl (C=S) groups is 1. The van der Waals surface area contributed by atoms with Crippen LogP contribution in [-0.2, 0) is 22.7 Å². The lowest BCUT2D eigenvalue weighted by atomic mass is 10.0. The summed E-state index contributed by atoms with van der Waals surface area (Å²) in [7, 11) is 0. The van der Waals surface area contributed by atoms with Crippen LogP contribution in [0.25, 0.3) is 4.85 Å². The van der Waals surface area contributed by atoms with Gasteiger partial charge in [0, 0.05) is 5.69 Å². The van der Waals surface area contributed by atoms with Gasteiger partial charge < -0.3 is 14.1 Å². The molecule has 2 heterocycles. The topological polar surface area (TPSA) is 63.2 Å². The van der Waals surface area contributed by atoms with E-state index >= 15 is 4.39 Å². The van der Waals surface area contributed by atoms with Gasteiger partial charge in [-0.15, -0.1) is 0 Å². The van der Waals surface area contributed by atoms with Crippen molar-refractivity contribution in [3.05, 3.63) is 83.1 Å². The van der Waals surface area contributed by atoms with Crippen LogP contribution in [0.1, 0.15) is 30.9 Å². The molecular formula is C24H21FN4O3S. The molecule has 1 aliphatic heterocycles. The van der Waals surface area contributed by atoms with Gasteiger partial charge in [-0.25, -0.2) is 14.2 Å². The predicted octanol–water partition coefficient (Wildman–Crippen LogP) is 5.31. The van der Waals surface area contributed by atoms with E-state index in [1.54, 1.807) is 24.9 Å². The number of anilines is 2. The van der Waals surface area contributed by atoms with E-state index in [1.807, 2.05) is 24.3 Å². The second-order valence-corrected chi connectivity index (χ2v) is 8.42. The van der Waals surface area contributed by atoms with E-state index in [4.69, 9.17) is 27.9 Å². The highest BCUT2D eigenvalue weighted by Crippen LogP contribution is 2.39. The summed E-state index contributed by atoms with van der Waals surface area (Å²) in [6.07, 6.45) is 3.05. The second-order valence-electron chi connectivity index (χ2n) is 8.06. The minimum Gasteiger partial charge on any atom is -0.446 e. The van der Waals surface area contributed by atoms with Crippen molar-refractivity contribution in [3.8, 4) is 0 Å². The summed E-state index contributed by atoms with van der Waals surface area (Å²) in [6, 6.07) is 10.4. The molecule has 0 N–H and O–H groups in total. The van der Waals surface area contributed by atoms with E-state index in [0.29, 0.717) is 18.2 Å². The SMILES string of the molecule is [C-]#[N+]c1ccc(N2C(=O)C(C)(C)N(c3ccc(COCc4ncco4)cc3)C2=S)c(F)c1C. The maximum atomic E-state index is 15.1. The van der Waals surface area contributed by atoms with E-state index in [-0.39, 0.29) is 34.6 Å². The molecule has 1 fully saturated rings. The number of carbonyl (C=O) groups excluding carboxylic acids is 1. The molecule has 33 heavy (non-hydrogen) atoms. The highest BCUT2D eigenvalue weighted by atomic mass is 32.1. The number of hydrogen-bond acceptors (Lipinski definition) is 5. The normalized spacial score (nSPS) is 15.2. The zero-order chi connectivity index (χ0) is 23.8. The Bertz CT molecular complexity index is 1250. The van der Waals surface area contributed by atoms with Gasteiger partial charge in [0.2, 0.25) is 5.89 Å². The van der Waals surface area contributed by atoms with Gasteiger partial charge in [-0.2, -0.15) is 0 Å². The molecule has 4 rings (SSSR count). The molecule has 0 unspecified atom stereocenters. The van der Waals surface area contributed by atoms with Gasteiger partial charge in [0.05, 0.1) is 25.1 Å². The zero-order valence-corrected chi connectivity index (χ0v) is 19.1. The average Bonchev–Trinajstić information content (AvgIpc) is 3.36. The van der Waals surface area contributed by atoms with Crippen LogP contribution in [0.15, 0.2) is 53.3 Å². The monoisotopic (exact) mass is 464 g/mol. The first kappa shape index (κ1) is 22.6. The molecule has 168 valence electrons. The van der Waals surface area contributed by atoms with Crippen LogP contribution in [0.2, 0.25) is 0 Å². The number of nitrogens with zero attached hydrogens (tertiary/aromatic N) is 4. The predicted molar refractivity (Wildman–Crippen MR) is 125 cm³/mol. The Kier molecular flexibility index (Phi) is 5.97. The molecule has 1 saturated heterocycles. The maximum Gasteiger partial charge on any atom is 0.259 e. The number of carbonyl (C=O) groups is 1. The Hall–Kier alpha value is -3.61. The van der Waals surface area contributed by atoms with Crippen molar-refractivity contribution in [1.29, 1.82) is 0 Å². The molecule has 0 aliphatic carbocycles. The lowest BCUT2D eigenvalue weighted by molar-refractivity contribution is -0.120. The fourth-order valence-corrected chi connectivity index (χ4v) is 4.23. The van der Waals surface area contributed by atoms with E-state index < -0.39 is 11.4 Å². The van der Waals surface area contributed by atoms with E-state index in [0.717, 1.165) is 5.56 Å². The summed E-state index contributed by atoms with van der Waals surface area (Å²) in [4.78, 5) is 23.5. The third-order valence-electron chi connectivity index (χ3n) is 5.54. The lowest BCUT2D eigenvalue weighted by Crippen LogP contribution is -2.44. The summed E-state index contributed by atoms with van der Waals surface area (Å²) in [5, 5.41) is 0.173. The van der Waals surface area contributed by atoms with Gasteiger partial charge in [0.1, 0.15) is 24.2 Å². The molecule has 1 amide bonds. The summed E-state index contributed by atoms with van der Waals surface area (Å²) >= 11 is 5.63. The molecule has 2 aromatic carbocycles. The van der Waals surface area contributed by atoms with Crippen molar-refractivity contribution in [2.24, 2.45) is 0 Å². The van der Waals surface area contributed by atoms with Gasteiger partial charge in [0.25, 0.3) is 5.91 Å². The van der Waals surface area contributed by atoms with Crippen LogP contribution < -0.4 is 9.80 Å². The van der Waals surface area contributed by atoms with Gasteiger partial charge in [0.15, 0.2) is 10.8 Å². The Balaban J connectivity index is 1.57. The fourth-order valence-electron chi connectivity index (χ4n) is 3.72. The molecule has 0 radical (unpaired) electrons. The summed E-state index contributed by atoms with van der Waals surface area (Å²) in [5.74, 6) is -0.476. The van der Waals surface area contributed by atoms with Gasteiger partial charge >= 0.3 is 0 Å². The third-order valence-corrected chi connectivity index (χ3v) is 5.90. The van der Waals surface area contributed by atoms with Crippen molar-refractivity contribution in [1.82, 2.24) is 4.98 Å². The minimum absolute atomic E-state index is 0.0435. The molecule has 3 aromatic rings. The minimum atomic E-state index is -1.03. The number of halogens is 1. The molecule has 0 atom stereocenters. The standard InChI is InChI=1S/C24H21FN4O3S/c1-15-18(26-4)9-10-19(21(15)25)28-22(30)24(2,3)29(23(28)33)17-7-5-16(6-8-17)13-31-14-20-27-11-12-32-20/h5-12H,13-14H2,1-3H3. The number of benzene rings is 2. The number of oxazole rings is 1. The lowest BCUT2D eigenvalue weighted by Gasteiger charge is -2.29. The quantitative estimate of drug-likeness (QED) is 0.364. The van der Waals surface area contributed by atoms with E-state index in [9.17, 15) is 4.79 Å². The number of hydrogen-bond donors (Lipinski definition) is 0. The van der Waals surface area contributed by atoms with Crippen LogP contribution in [-0.4, -0.2) is 21.5 Å². The van der Waals surface area contributed by atoms with E-state index in [2.05, 4.69) is 9.83 Å². The van der Waals surface area contributed by atoms with Crippen molar-refractivity contribution >= 4 is 40.3 Å². The first-order chi connectivity index (χ1) is 15.8. The molecule has 9 heteroatoms. The van der Waals surface area contributed by atoms with Gasteiger partial charge in [-0.3, -0.25) is 9.69 Å². The Morgan fingerprint density at radius 3 is 2.58 bits per heavy atom. The number of amides is 1. The highest BCUT2D eigenvalue weighted by Gasteiger charge is 2.50. The third kappa shape index (κ3) is 3.99. The van der Waals surface area contributed by atoms with Crippen LogP contribution in [0.5, 0.6) is 0 Å². The van der Waals surface area contributed by atoms with Crippen LogP contribution >= 0.6 is 12.2 Å². The zero-order valence-electron chi connectivity index (χ0n) is 18.3. The molecular weight excluding hydrogens is 443 g/mol. The number of aromatic nitrogens is 1. The maximum absolute atomic E-state index is 15.1. The van der Waals surface area contributed by atoms with Crippen molar-refractivity contribution in [3.63, 3.8) is 0 Å². The van der Waals surface area contributed by atoms with Crippen molar-refractivity contribution in [2.75, 3.05) is 9.80 Å². The van der Waals surface area contributed by atoms with Crippen LogP contribution in [0, 0.1) is 19.3 Å².